The summed E-state index contributed by atoms with van der Waals surface area (Å²) in [6.45, 7) is 1.72. The van der Waals surface area contributed by atoms with E-state index in [0.29, 0.717) is 28.6 Å². The van der Waals surface area contributed by atoms with Crippen LogP contribution in [0.5, 0.6) is 0 Å². The Labute approximate surface area is 163 Å². The molecule has 0 radical (unpaired) electrons. The van der Waals surface area contributed by atoms with Crippen LogP contribution in [0, 0.1) is 18.3 Å². The molecule has 0 spiro atoms. The average Bonchev–Trinajstić information content (AvgIpc) is 2.68. The normalized spacial score (nSPS) is 10.1. The van der Waals surface area contributed by atoms with E-state index in [4.69, 9.17) is 5.26 Å². The summed E-state index contributed by atoms with van der Waals surface area (Å²) in [5.41, 5.74) is 3.23. The maximum atomic E-state index is 12.6. The van der Waals surface area contributed by atoms with Crippen LogP contribution in [0.4, 0.5) is 22.9 Å². The van der Waals surface area contributed by atoms with Crippen molar-refractivity contribution in [3.63, 3.8) is 0 Å². The minimum atomic E-state index is -0.322. The van der Waals surface area contributed by atoms with Crippen molar-refractivity contribution in [2.75, 3.05) is 29.6 Å². The zero-order valence-corrected chi connectivity index (χ0v) is 15.9. The number of hydrogen-bond acceptors (Lipinski definition) is 6. The maximum absolute atomic E-state index is 12.6. The molecule has 0 fully saturated rings. The zero-order valence-electron chi connectivity index (χ0n) is 15.9. The molecule has 0 atom stereocenters. The molecule has 0 aliphatic rings. The predicted octanol–water partition coefficient (Wildman–Crippen LogP) is 3.72. The van der Waals surface area contributed by atoms with Gasteiger partial charge in [-0.25, -0.2) is 9.97 Å². The van der Waals surface area contributed by atoms with E-state index < -0.39 is 0 Å². The Balaban J connectivity index is 1.78. The number of hydrogen-bond donors (Lipinski definition) is 2. The number of aromatic nitrogens is 2. The molecule has 0 unspecified atom stereocenters. The Morgan fingerprint density at radius 1 is 1.04 bits per heavy atom. The smallest absolute Gasteiger partial charge is 0.274 e. The number of carbonyl (C=O) groups excluding carboxylic acids is 1. The van der Waals surface area contributed by atoms with Gasteiger partial charge < -0.3 is 15.5 Å². The van der Waals surface area contributed by atoms with Crippen molar-refractivity contribution in [1.29, 1.82) is 5.26 Å². The van der Waals surface area contributed by atoms with Crippen LogP contribution in [0.25, 0.3) is 0 Å². The molecule has 140 valence electrons. The predicted molar refractivity (Wildman–Crippen MR) is 110 cm³/mol. The van der Waals surface area contributed by atoms with E-state index in [9.17, 15) is 4.79 Å². The quantitative estimate of drug-likeness (QED) is 0.709. The molecule has 3 rings (SSSR count). The minimum Gasteiger partial charge on any atom is -0.378 e. The number of anilines is 4. The number of aryl methyl sites for hydroxylation is 1. The molecule has 7 heteroatoms. The van der Waals surface area contributed by atoms with E-state index in [1.165, 1.54) is 0 Å². The van der Waals surface area contributed by atoms with Crippen LogP contribution in [-0.4, -0.2) is 30.0 Å². The van der Waals surface area contributed by atoms with Gasteiger partial charge in [0.2, 0.25) is 0 Å². The highest BCUT2D eigenvalue weighted by atomic mass is 16.1. The van der Waals surface area contributed by atoms with Crippen LogP contribution in [0.1, 0.15) is 21.9 Å². The Hall–Kier alpha value is -3.92. The highest BCUT2D eigenvalue weighted by Gasteiger charge is 2.11. The van der Waals surface area contributed by atoms with E-state index in [-0.39, 0.29) is 11.6 Å². The van der Waals surface area contributed by atoms with E-state index in [1.807, 2.05) is 49.3 Å². The van der Waals surface area contributed by atoms with Crippen molar-refractivity contribution in [3.05, 3.63) is 71.7 Å². The molecular weight excluding hydrogens is 352 g/mol. The van der Waals surface area contributed by atoms with Crippen LogP contribution < -0.4 is 15.5 Å². The molecule has 0 bridgehead atoms. The fourth-order valence-electron chi connectivity index (χ4n) is 2.60. The molecule has 7 nitrogen and oxygen atoms in total. The van der Waals surface area contributed by atoms with Crippen LogP contribution in [-0.2, 0) is 0 Å². The van der Waals surface area contributed by atoms with Crippen LogP contribution in [0.2, 0.25) is 0 Å². The van der Waals surface area contributed by atoms with Crippen molar-refractivity contribution < 1.29 is 4.79 Å². The third-order valence-electron chi connectivity index (χ3n) is 3.98. The second kappa shape index (κ2) is 8.18. The summed E-state index contributed by atoms with van der Waals surface area (Å²) in [5.74, 6) is 0.627. The summed E-state index contributed by atoms with van der Waals surface area (Å²) in [5, 5.41) is 15.0. The van der Waals surface area contributed by atoms with Gasteiger partial charge in [0.15, 0.2) is 0 Å². The number of rotatable bonds is 5. The first-order valence-corrected chi connectivity index (χ1v) is 8.66. The highest BCUT2D eigenvalue weighted by Crippen LogP contribution is 2.19. The topological polar surface area (TPSA) is 93.9 Å². The second-order valence-electron chi connectivity index (χ2n) is 6.40. The number of carbonyl (C=O) groups is 1. The van der Waals surface area contributed by atoms with Crippen molar-refractivity contribution in [1.82, 2.24) is 9.97 Å². The molecular formula is C21H20N6O. The molecule has 3 aromatic rings. The van der Waals surface area contributed by atoms with Gasteiger partial charge in [-0.2, -0.15) is 5.26 Å². The van der Waals surface area contributed by atoms with Crippen LogP contribution in [0.3, 0.4) is 0 Å². The van der Waals surface area contributed by atoms with Gasteiger partial charge in [0.25, 0.3) is 5.91 Å². The SMILES string of the molecule is Cc1nc(Nc2cccc(C#N)c2)cc(C(=O)Nc2ccc(N(C)C)cc2)n1. The van der Waals surface area contributed by atoms with Crippen LogP contribution in [0.15, 0.2) is 54.6 Å². The van der Waals surface area contributed by atoms with Gasteiger partial charge in [-0.1, -0.05) is 6.07 Å². The molecule has 28 heavy (non-hydrogen) atoms. The van der Waals surface area contributed by atoms with Gasteiger partial charge in [0.1, 0.15) is 17.3 Å². The molecule has 1 aromatic heterocycles. The van der Waals surface area contributed by atoms with Gasteiger partial charge in [0, 0.05) is 37.2 Å². The summed E-state index contributed by atoms with van der Waals surface area (Å²) in [7, 11) is 3.91. The lowest BCUT2D eigenvalue weighted by atomic mass is 10.2. The molecule has 0 aliphatic carbocycles. The first kappa shape index (κ1) is 18.9. The fraction of sp³-hybridized carbons (Fsp3) is 0.143. The molecule has 1 amide bonds. The van der Waals surface area contributed by atoms with E-state index >= 15 is 0 Å². The summed E-state index contributed by atoms with van der Waals surface area (Å²) < 4.78 is 0. The third-order valence-corrected chi connectivity index (χ3v) is 3.98. The van der Waals surface area contributed by atoms with Crippen molar-refractivity contribution in [3.8, 4) is 6.07 Å². The third kappa shape index (κ3) is 4.62. The lowest BCUT2D eigenvalue weighted by Gasteiger charge is -2.13. The van der Waals surface area contributed by atoms with Crippen LogP contribution >= 0.6 is 0 Å². The Kier molecular flexibility index (Phi) is 5.51. The van der Waals surface area contributed by atoms with Gasteiger partial charge in [-0.15, -0.1) is 0 Å². The number of nitrogens with zero attached hydrogens (tertiary/aromatic N) is 4. The minimum absolute atomic E-state index is 0.253. The highest BCUT2D eigenvalue weighted by molar-refractivity contribution is 6.03. The Morgan fingerprint density at radius 2 is 1.79 bits per heavy atom. The Morgan fingerprint density at radius 3 is 2.46 bits per heavy atom. The fourth-order valence-corrected chi connectivity index (χ4v) is 2.60. The largest absolute Gasteiger partial charge is 0.378 e. The average molecular weight is 372 g/mol. The summed E-state index contributed by atoms with van der Waals surface area (Å²) >= 11 is 0. The van der Waals surface area contributed by atoms with Gasteiger partial charge >= 0.3 is 0 Å². The molecule has 0 saturated heterocycles. The lowest BCUT2D eigenvalue weighted by Crippen LogP contribution is -2.15. The lowest BCUT2D eigenvalue weighted by molar-refractivity contribution is 0.102. The molecule has 1 heterocycles. The number of nitrogens with one attached hydrogen (secondary N) is 2. The maximum Gasteiger partial charge on any atom is 0.274 e. The zero-order chi connectivity index (χ0) is 20.1. The van der Waals surface area contributed by atoms with Gasteiger partial charge in [-0.3, -0.25) is 4.79 Å². The molecule has 2 N–H and O–H groups in total. The van der Waals surface area contributed by atoms with E-state index in [0.717, 1.165) is 5.69 Å². The van der Waals surface area contributed by atoms with Gasteiger partial charge in [0.05, 0.1) is 11.6 Å². The standard InChI is InChI=1S/C21H20N6O/c1-14-23-19(21(28)26-16-7-9-18(10-8-16)27(2)3)12-20(24-14)25-17-6-4-5-15(11-17)13-22/h4-12H,1-3H3,(H,26,28)(H,23,24,25). The summed E-state index contributed by atoms with van der Waals surface area (Å²) in [4.78, 5) is 23.1. The van der Waals surface area contributed by atoms with Gasteiger partial charge in [-0.05, 0) is 49.4 Å². The van der Waals surface area contributed by atoms with E-state index in [1.54, 1.807) is 31.2 Å². The van der Waals surface area contributed by atoms with E-state index in [2.05, 4.69) is 26.7 Å². The first-order valence-electron chi connectivity index (χ1n) is 8.66. The Bertz CT molecular complexity index is 1040. The number of amides is 1. The number of nitriles is 1. The van der Waals surface area contributed by atoms with Crippen molar-refractivity contribution in [2.45, 2.75) is 6.92 Å². The second-order valence-corrected chi connectivity index (χ2v) is 6.40. The van der Waals surface area contributed by atoms with Crippen molar-refractivity contribution >= 4 is 28.8 Å². The molecule has 0 saturated carbocycles. The monoisotopic (exact) mass is 372 g/mol. The number of benzene rings is 2. The molecule has 2 aromatic carbocycles. The summed E-state index contributed by atoms with van der Waals surface area (Å²) in [6.07, 6.45) is 0. The molecule has 0 aliphatic heterocycles. The summed E-state index contributed by atoms with van der Waals surface area (Å²) in [6, 6.07) is 18.2. The first-order chi connectivity index (χ1) is 13.4. The van der Waals surface area contributed by atoms with Crippen molar-refractivity contribution in [2.24, 2.45) is 0 Å².